The van der Waals surface area contributed by atoms with Crippen LogP contribution in [0.3, 0.4) is 0 Å². The predicted octanol–water partition coefficient (Wildman–Crippen LogP) is 0.570. The van der Waals surface area contributed by atoms with Crippen LogP contribution in [0.15, 0.2) is 31.0 Å². The van der Waals surface area contributed by atoms with E-state index in [-0.39, 0.29) is 5.69 Å². The van der Waals surface area contributed by atoms with Crippen LogP contribution in [-0.4, -0.2) is 24.7 Å². The van der Waals surface area contributed by atoms with Crippen LogP contribution >= 0.6 is 0 Å². The summed E-state index contributed by atoms with van der Waals surface area (Å²) in [6, 6.07) is 2.65. The highest BCUT2D eigenvalue weighted by atomic mass is 16.6. The number of aromatic nitrogens is 4. The van der Waals surface area contributed by atoms with E-state index in [1.165, 1.54) is 35.7 Å². The Bertz CT molecular complexity index is 453. The van der Waals surface area contributed by atoms with Gasteiger partial charge in [-0.05, 0) is 0 Å². The van der Waals surface area contributed by atoms with Crippen molar-refractivity contribution in [3.63, 3.8) is 0 Å². The molecule has 0 saturated heterocycles. The molecule has 0 aliphatic heterocycles. The molecule has 14 heavy (non-hydrogen) atoms. The molecule has 0 aromatic carbocycles. The third-order valence-electron chi connectivity index (χ3n) is 1.59. The molecule has 0 saturated carbocycles. The van der Waals surface area contributed by atoms with Crippen LogP contribution in [0.4, 0.5) is 5.69 Å². The Labute approximate surface area is 78.2 Å². The average Bonchev–Trinajstić information content (AvgIpc) is 2.71. The van der Waals surface area contributed by atoms with Crippen molar-refractivity contribution in [2.75, 3.05) is 0 Å². The van der Waals surface area contributed by atoms with Crippen LogP contribution in [0.1, 0.15) is 0 Å². The molecule has 0 amide bonds. The van der Waals surface area contributed by atoms with E-state index in [1.807, 2.05) is 0 Å². The van der Waals surface area contributed by atoms with Gasteiger partial charge in [-0.3, -0.25) is 10.1 Å². The minimum atomic E-state index is -0.484. The Balaban J connectivity index is 2.46. The first kappa shape index (κ1) is 8.30. The Morgan fingerprint density at radius 2 is 2.36 bits per heavy atom. The van der Waals surface area contributed by atoms with Crippen LogP contribution in [0.2, 0.25) is 0 Å². The standard InChI is InChI=1S/C7H5N5O2/c13-12(14)6-1-2-9-7(3-6)11-5-8-4-10-11/h1-5H. The molecule has 2 aromatic rings. The van der Waals surface area contributed by atoms with Crippen LogP contribution in [0.25, 0.3) is 5.82 Å². The van der Waals surface area contributed by atoms with Crippen LogP contribution < -0.4 is 0 Å². The minimum Gasteiger partial charge on any atom is -0.258 e. The fourth-order valence-corrected chi connectivity index (χ4v) is 0.973. The predicted molar refractivity (Wildman–Crippen MR) is 45.8 cm³/mol. The largest absolute Gasteiger partial charge is 0.274 e. The van der Waals surface area contributed by atoms with Crippen molar-refractivity contribution >= 4 is 5.69 Å². The van der Waals surface area contributed by atoms with Crippen molar-refractivity contribution in [3.8, 4) is 5.82 Å². The molecular formula is C7H5N5O2. The van der Waals surface area contributed by atoms with Crippen LogP contribution in [0.5, 0.6) is 0 Å². The topological polar surface area (TPSA) is 86.7 Å². The van der Waals surface area contributed by atoms with Crippen LogP contribution in [0, 0.1) is 10.1 Å². The van der Waals surface area contributed by atoms with E-state index < -0.39 is 4.92 Å². The summed E-state index contributed by atoms with van der Waals surface area (Å²) >= 11 is 0. The normalized spacial score (nSPS) is 10.0. The lowest BCUT2D eigenvalue weighted by atomic mass is 10.4. The van der Waals surface area contributed by atoms with Gasteiger partial charge in [0.05, 0.1) is 11.0 Å². The first-order chi connectivity index (χ1) is 6.77. The Morgan fingerprint density at radius 3 is 3.00 bits per heavy atom. The lowest BCUT2D eigenvalue weighted by Gasteiger charge is -1.97. The van der Waals surface area contributed by atoms with E-state index in [0.717, 1.165) is 0 Å². The Hall–Kier alpha value is -2.31. The Morgan fingerprint density at radius 1 is 1.50 bits per heavy atom. The highest BCUT2D eigenvalue weighted by Gasteiger charge is 2.07. The number of pyridine rings is 1. The molecule has 7 nitrogen and oxygen atoms in total. The second-order valence-corrected chi connectivity index (χ2v) is 2.47. The molecule has 7 heteroatoms. The van der Waals surface area contributed by atoms with E-state index >= 15 is 0 Å². The summed E-state index contributed by atoms with van der Waals surface area (Å²) < 4.78 is 1.35. The van der Waals surface area contributed by atoms with E-state index in [1.54, 1.807) is 0 Å². The zero-order valence-electron chi connectivity index (χ0n) is 6.94. The van der Waals surface area contributed by atoms with Gasteiger partial charge in [0, 0.05) is 12.3 Å². The molecule has 0 radical (unpaired) electrons. The lowest BCUT2D eigenvalue weighted by molar-refractivity contribution is -0.384. The number of nitro groups is 1. The molecule has 2 aromatic heterocycles. The zero-order chi connectivity index (χ0) is 9.97. The van der Waals surface area contributed by atoms with Crippen LogP contribution in [-0.2, 0) is 0 Å². The summed E-state index contributed by atoms with van der Waals surface area (Å²) in [5.74, 6) is 0.372. The van der Waals surface area contributed by atoms with Gasteiger partial charge in [-0.25, -0.2) is 14.6 Å². The highest BCUT2D eigenvalue weighted by Crippen LogP contribution is 2.12. The molecule has 0 bridgehead atoms. The molecular weight excluding hydrogens is 186 g/mol. The first-order valence-corrected chi connectivity index (χ1v) is 3.73. The monoisotopic (exact) mass is 191 g/mol. The maximum absolute atomic E-state index is 10.5. The average molecular weight is 191 g/mol. The molecule has 70 valence electrons. The second kappa shape index (κ2) is 3.21. The smallest absolute Gasteiger partial charge is 0.258 e. The van der Waals surface area contributed by atoms with Crippen molar-refractivity contribution in [2.45, 2.75) is 0 Å². The van der Waals surface area contributed by atoms with Gasteiger partial charge in [-0.15, -0.1) is 0 Å². The van der Waals surface area contributed by atoms with Gasteiger partial charge >= 0.3 is 0 Å². The molecule has 0 unspecified atom stereocenters. The summed E-state index contributed by atoms with van der Waals surface area (Å²) in [4.78, 5) is 17.6. The molecule has 0 spiro atoms. The van der Waals surface area contributed by atoms with Crippen molar-refractivity contribution < 1.29 is 4.92 Å². The zero-order valence-corrected chi connectivity index (χ0v) is 6.94. The fraction of sp³-hybridized carbons (Fsp3) is 0. The van der Waals surface area contributed by atoms with Gasteiger partial charge in [0.25, 0.3) is 5.69 Å². The molecule has 2 rings (SSSR count). The second-order valence-electron chi connectivity index (χ2n) is 2.47. The number of hydrogen-bond donors (Lipinski definition) is 0. The molecule has 2 heterocycles. The Kier molecular flexibility index (Phi) is 1.90. The maximum atomic E-state index is 10.5. The summed E-state index contributed by atoms with van der Waals surface area (Å²) in [7, 11) is 0. The molecule has 0 aliphatic rings. The van der Waals surface area contributed by atoms with Crippen molar-refractivity contribution in [1.82, 2.24) is 19.7 Å². The van der Waals surface area contributed by atoms with Crippen molar-refractivity contribution in [1.29, 1.82) is 0 Å². The molecule has 0 fully saturated rings. The van der Waals surface area contributed by atoms with Gasteiger partial charge in [-0.2, -0.15) is 5.10 Å². The maximum Gasteiger partial charge on any atom is 0.274 e. The summed E-state index contributed by atoms with van der Waals surface area (Å²) in [5, 5.41) is 14.3. The number of rotatable bonds is 2. The van der Waals surface area contributed by atoms with E-state index in [4.69, 9.17) is 0 Å². The third kappa shape index (κ3) is 1.42. The molecule has 0 N–H and O–H groups in total. The van der Waals surface area contributed by atoms with Gasteiger partial charge in [0.15, 0.2) is 5.82 Å². The molecule has 0 atom stereocenters. The van der Waals surface area contributed by atoms with Gasteiger partial charge in [0.1, 0.15) is 12.7 Å². The minimum absolute atomic E-state index is 0.0227. The third-order valence-corrected chi connectivity index (χ3v) is 1.59. The number of hydrogen-bond acceptors (Lipinski definition) is 5. The van der Waals surface area contributed by atoms with Gasteiger partial charge in [-0.1, -0.05) is 0 Å². The molecule has 0 aliphatic carbocycles. The van der Waals surface area contributed by atoms with E-state index in [9.17, 15) is 10.1 Å². The van der Waals surface area contributed by atoms with E-state index in [2.05, 4.69) is 15.1 Å². The lowest BCUT2D eigenvalue weighted by Crippen LogP contribution is -1.98. The van der Waals surface area contributed by atoms with Crippen molar-refractivity contribution in [3.05, 3.63) is 41.1 Å². The SMILES string of the molecule is O=[N+]([O-])c1ccnc(-n2cncn2)c1. The first-order valence-electron chi connectivity index (χ1n) is 3.73. The van der Waals surface area contributed by atoms with Gasteiger partial charge in [0.2, 0.25) is 0 Å². The van der Waals surface area contributed by atoms with Gasteiger partial charge < -0.3 is 0 Å². The number of nitrogens with zero attached hydrogens (tertiary/aromatic N) is 5. The van der Waals surface area contributed by atoms with E-state index in [0.29, 0.717) is 5.82 Å². The summed E-state index contributed by atoms with van der Waals surface area (Å²) in [5.41, 5.74) is -0.0227. The highest BCUT2D eigenvalue weighted by molar-refractivity contribution is 5.36. The summed E-state index contributed by atoms with van der Waals surface area (Å²) in [6.07, 6.45) is 4.11. The van der Waals surface area contributed by atoms with Crippen molar-refractivity contribution in [2.24, 2.45) is 0 Å². The summed E-state index contributed by atoms with van der Waals surface area (Å²) in [6.45, 7) is 0. The quantitative estimate of drug-likeness (QED) is 0.511. The fourth-order valence-electron chi connectivity index (χ4n) is 0.973.